The average molecular weight is 553 g/mol. The van der Waals surface area contributed by atoms with Crippen LogP contribution in [0.4, 0.5) is 0 Å². The van der Waals surface area contributed by atoms with Gasteiger partial charge in [0.25, 0.3) is 11.9 Å². The number of aromatic nitrogens is 1. The van der Waals surface area contributed by atoms with Gasteiger partial charge in [-0.15, -0.1) is 0 Å². The summed E-state index contributed by atoms with van der Waals surface area (Å²) in [6.07, 6.45) is -2.86. The Kier molecular flexibility index (Phi) is 10.8. The van der Waals surface area contributed by atoms with E-state index in [4.69, 9.17) is 14.0 Å². The van der Waals surface area contributed by atoms with Crippen molar-refractivity contribution in [2.75, 3.05) is 0 Å². The molecule has 11 nitrogen and oxygen atoms in total. The van der Waals surface area contributed by atoms with Crippen molar-refractivity contribution in [2.45, 2.75) is 77.8 Å². The number of hydrogen-bond acceptors (Lipinski definition) is 9. The first kappa shape index (κ1) is 30.8. The molecule has 40 heavy (non-hydrogen) atoms. The number of carbonyl (C=O) groups excluding carboxylic acids is 4. The van der Waals surface area contributed by atoms with Gasteiger partial charge in [0.15, 0.2) is 6.10 Å². The molecule has 1 aliphatic rings. The second kappa shape index (κ2) is 14.0. The number of benzene rings is 1. The molecule has 0 radical (unpaired) electrons. The lowest BCUT2D eigenvalue weighted by molar-refractivity contribution is -0.165. The Morgan fingerprint density at radius 3 is 2.38 bits per heavy atom. The monoisotopic (exact) mass is 553 g/mol. The zero-order valence-corrected chi connectivity index (χ0v) is 23.3. The van der Waals surface area contributed by atoms with Gasteiger partial charge in [-0.1, -0.05) is 50.2 Å². The number of nitrogens with one attached hydrogen (secondary N) is 2. The van der Waals surface area contributed by atoms with Crippen LogP contribution >= 0.6 is 0 Å². The standard InChI is InChI=1S/C28H36BN3O8/c1-16(2)14-23(29-39-22(15-24(34)40-29)28(37)38-17(3)4)31-27(36)25(18(5)33)32-26(35)21-13-9-12-20(30-21)19-10-7-6-8-11-19/h6-13,16-18,22-23,25,33H,14-15H2,1-5H3,(H,31,36)(H,32,35)/t18?,22-,23?,25?/m0/s1. The van der Waals surface area contributed by atoms with E-state index < -0.39 is 61.2 Å². The van der Waals surface area contributed by atoms with Crippen molar-refractivity contribution >= 4 is 30.9 Å². The van der Waals surface area contributed by atoms with Crippen molar-refractivity contribution < 1.29 is 38.3 Å². The highest BCUT2D eigenvalue weighted by atomic mass is 16.7. The SMILES string of the molecule is CC(C)CC(NC(=O)C(NC(=O)c1cccc(-c2ccccc2)n1)C(C)O)B1OC(=O)C[C@@H](C(=O)OC(C)C)O1. The van der Waals surface area contributed by atoms with E-state index in [2.05, 4.69) is 15.6 Å². The second-order valence-corrected chi connectivity index (χ2v) is 10.4. The van der Waals surface area contributed by atoms with Crippen LogP contribution in [0, 0.1) is 5.92 Å². The molecule has 1 aliphatic heterocycles. The molecule has 1 fully saturated rings. The molecule has 4 atom stereocenters. The third-order valence-corrected chi connectivity index (χ3v) is 6.00. The van der Waals surface area contributed by atoms with Crippen LogP contribution in [0.25, 0.3) is 11.3 Å². The second-order valence-electron chi connectivity index (χ2n) is 10.4. The highest BCUT2D eigenvalue weighted by molar-refractivity contribution is 6.50. The van der Waals surface area contributed by atoms with Gasteiger partial charge < -0.3 is 29.8 Å². The quantitative estimate of drug-likeness (QED) is 0.280. The molecule has 1 aromatic heterocycles. The lowest BCUT2D eigenvalue weighted by Crippen LogP contribution is -2.60. The molecule has 3 unspecified atom stereocenters. The Balaban J connectivity index is 1.75. The average Bonchev–Trinajstić information content (AvgIpc) is 2.90. The summed E-state index contributed by atoms with van der Waals surface area (Å²) in [5.74, 6) is -3.60. The molecule has 12 heteroatoms. The van der Waals surface area contributed by atoms with Crippen LogP contribution in [0.5, 0.6) is 0 Å². The van der Waals surface area contributed by atoms with Crippen LogP contribution in [-0.4, -0.2) is 71.3 Å². The molecule has 2 amide bonds. The van der Waals surface area contributed by atoms with Gasteiger partial charge in [-0.2, -0.15) is 0 Å². The summed E-state index contributed by atoms with van der Waals surface area (Å²) in [5.41, 5.74) is 1.45. The van der Waals surface area contributed by atoms with Crippen molar-refractivity contribution in [2.24, 2.45) is 5.92 Å². The molecule has 3 rings (SSSR count). The molecule has 0 aliphatic carbocycles. The van der Waals surface area contributed by atoms with E-state index >= 15 is 0 Å². The fourth-order valence-electron chi connectivity index (χ4n) is 4.16. The predicted molar refractivity (Wildman–Crippen MR) is 147 cm³/mol. The molecule has 0 bridgehead atoms. The van der Waals surface area contributed by atoms with Crippen LogP contribution in [-0.2, 0) is 28.4 Å². The van der Waals surface area contributed by atoms with Gasteiger partial charge in [0.1, 0.15) is 11.7 Å². The molecule has 0 spiro atoms. The molecule has 3 N–H and O–H groups in total. The summed E-state index contributed by atoms with van der Waals surface area (Å²) in [6.45, 7) is 8.51. The summed E-state index contributed by atoms with van der Waals surface area (Å²) in [5, 5.41) is 15.7. The summed E-state index contributed by atoms with van der Waals surface area (Å²) < 4.78 is 16.2. The number of aliphatic hydroxyl groups is 1. The summed E-state index contributed by atoms with van der Waals surface area (Å²) in [7, 11) is -1.27. The number of amides is 2. The molecular formula is C28H36BN3O8. The normalized spacial score (nSPS) is 17.6. The lowest BCUT2D eigenvalue weighted by Gasteiger charge is -2.32. The Hall–Kier alpha value is -3.77. The van der Waals surface area contributed by atoms with E-state index in [1.165, 1.54) is 13.0 Å². The number of aliphatic hydroxyl groups excluding tert-OH is 1. The maximum atomic E-state index is 13.3. The van der Waals surface area contributed by atoms with Gasteiger partial charge >= 0.3 is 13.1 Å². The van der Waals surface area contributed by atoms with E-state index in [1.54, 1.807) is 26.0 Å². The fourth-order valence-corrected chi connectivity index (χ4v) is 4.16. The number of rotatable bonds is 11. The van der Waals surface area contributed by atoms with Crippen LogP contribution in [0.15, 0.2) is 48.5 Å². The van der Waals surface area contributed by atoms with Crippen molar-refractivity contribution in [3.8, 4) is 11.3 Å². The Morgan fingerprint density at radius 2 is 1.75 bits per heavy atom. The smallest absolute Gasteiger partial charge is 0.508 e. The third kappa shape index (κ3) is 8.62. The molecular weight excluding hydrogens is 517 g/mol. The zero-order valence-electron chi connectivity index (χ0n) is 23.3. The highest BCUT2D eigenvalue weighted by Gasteiger charge is 2.45. The van der Waals surface area contributed by atoms with E-state index in [1.807, 2.05) is 44.2 Å². The first-order valence-electron chi connectivity index (χ1n) is 13.3. The van der Waals surface area contributed by atoms with Gasteiger partial charge in [-0.05, 0) is 45.2 Å². The van der Waals surface area contributed by atoms with Gasteiger partial charge in [0.2, 0.25) is 5.91 Å². The first-order chi connectivity index (χ1) is 18.9. The lowest BCUT2D eigenvalue weighted by atomic mass is 9.72. The van der Waals surface area contributed by atoms with Crippen LogP contribution in [0.1, 0.15) is 57.9 Å². The van der Waals surface area contributed by atoms with Crippen molar-refractivity contribution in [3.05, 3.63) is 54.2 Å². The third-order valence-electron chi connectivity index (χ3n) is 6.00. The molecule has 0 saturated carbocycles. The van der Waals surface area contributed by atoms with Crippen LogP contribution in [0.3, 0.4) is 0 Å². The first-order valence-corrected chi connectivity index (χ1v) is 13.3. The topological polar surface area (TPSA) is 153 Å². The van der Waals surface area contributed by atoms with Crippen molar-refractivity contribution in [1.29, 1.82) is 0 Å². The number of ether oxygens (including phenoxy) is 1. The number of esters is 1. The fraction of sp³-hybridized carbons (Fsp3) is 0.464. The Morgan fingerprint density at radius 1 is 1.05 bits per heavy atom. The Bertz CT molecular complexity index is 1190. The van der Waals surface area contributed by atoms with Gasteiger partial charge in [0, 0.05) is 5.56 Å². The van der Waals surface area contributed by atoms with E-state index in [0.29, 0.717) is 12.1 Å². The van der Waals surface area contributed by atoms with Crippen molar-refractivity contribution in [1.82, 2.24) is 15.6 Å². The predicted octanol–water partition coefficient (Wildman–Crippen LogP) is 2.07. The van der Waals surface area contributed by atoms with Gasteiger partial charge in [-0.25, -0.2) is 9.78 Å². The maximum Gasteiger partial charge on any atom is 0.551 e. The largest absolute Gasteiger partial charge is 0.551 e. The van der Waals surface area contributed by atoms with Crippen molar-refractivity contribution in [3.63, 3.8) is 0 Å². The number of carbonyl (C=O) groups is 4. The summed E-state index contributed by atoms with van der Waals surface area (Å²) >= 11 is 0. The van der Waals surface area contributed by atoms with Crippen LogP contribution < -0.4 is 10.6 Å². The molecule has 2 aromatic rings. The molecule has 2 heterocycles. The zero-order chi connectivity index (χ0) is 29.4. The van der Waals surface area contributed by atoms with E-state index in [0.717, 1.165) is 5.56 Å². The van der Waals surface area contributed by atoms with Crippen LogP contribution in [0.2, 0.25) is 0 Å². The molecule has 1 saturated heterocycles. The Labute approximate surface area is 234 Å². The minimum absolute atomic E-state index is 0.0279. The van der Waals surface area contributed by atoms with E-state index in [-0.39, 0.29) is 18.0 Å². The maximum absolute atomic E-state index is 13.3. The number of pyridine rings is 1. The molecule has 214 valence electrons. The minimum atomic E-state index is -1.36. The highest BCUT2D eigenvalue weighted by Crippen LogP contribution is 2.20. The number of hydrogen-bond donors (Lipinski definition) is 3. The summed E-state index contributed by atoms with van der Waals surface area (Å²) in [6, 6.07) is 12.9. The van der Waals surface area contributed by atoms with Gasteiger partial charge in [0.05, 0.1) is 30.3 Å². The minimum Gasteiger partial charge on any atom is -0.508 e. The van der Waals surface area contributed by atoms with Gasteiger partial charge in [-0.3, -0.25) is 14.4 Å². The molecule has 1 aromatic carbocycles. The van der Waals surface area contributed by atoms with E-state index in [9.17, 15) is 24.3 Å². The summed E-state index contributed by atoms with van der Waals surface area (Å²) in [4.78, 5) is 55.5. The number of nitrogens with zero attached hydrogens (tertiary/aromatic N) is 1.